The number of nitrogens with one attached hydrogen (secondary N) is 1. The number of halogens is 2. The third kappa shape index (κ3) is 4.68. The molecule has 3 heterocycles. The maximum atomic E-state index is 13.0. The molecule has 3 N–H and O–H groups in total. The van der Waals surface area contributed by atoms with Crippen molar-refractivity contribution in [3.05, 3.63) is 45.2 Å². The van der Waals surface area contributed by atoms with Crippen LogP contribution in [-0.2, 0) is 6.54 Å². The van der Waals surface area contributed by atoms with Crippen molar-refractivity contribution in [2.24, 2.45) is 5.10 Å². The number of hydrogen-bond acceptors (Lipinski definition) is 9. The highest BCUT2D eigenvalue weighted by atomic mass is 35.5. The Balaban J connectivity index is 1.60. The van der Waals surface area contributed by atoms with E-state index in [4.69, 9.17) is 28.9 Å². The molecule has 1 aliphatic heterocycles. The fourth-order valence-corrected chi connectivity index (χ4v) is 3.65. The van der Waals surface area contributed by atoms with E-state index in [0.29, 0.717) is 27.8 Å². The Morgan fingerprint density at radius 3 is 2.81 bits per heavy atom. The summed E-state index contributed by atoms with van der Waals surface area (Å²) in [5, 5.41) is 20.2. The predicted octanol–water partition coefficient (Wildman–Crippen LogP) is 2.29. The second-order valence-electron chi connectivity index (χ2n) is 6.95. The number of rotatable bonds is 6. The Hall–Kier alpha value is -3.02. The van der Waals surface area contributed by atoms with Crippen LogP contribution in [0.4, 0.5) is 5.82 Å². The number of carbonyl (C=O) groups excluding carboxylic acids is 1. The van der Waals surface area contributed by atoms with E-state index in [1.165, 1.54) is 17.3 Å². The highest BCUT2D eigenvalue weighted by molar-refractivity contribution is 6.43. The van der Waals surface area contributed by atoms with Crippen LogP contribution in [-0.4, -0.2) is 55.4 Å². The lowest BCUT2D eigenvalue weighted by Gasteiger charge is -2.25. The number of nitrogen functional groups attached to an aromatic ring is 1. The molecule has 0 spiro atoms. The number of nitrogens with zero attached hydrogens (tertiary/aromatic N) is 7. The molecule has 0 bridgehead atoms. The minimum atomic E-state index is -0.547. The Kier molecular flexibility index (Phi) is 6.44. The molecule has 11 nitrogen and oxygen atoms in total. The quantitative estimate of drug-likeness (QED) is 0.418. The van der Waals surface area contributed by atoms with Gasteiger partial charge in [0.2, 0.25) is 11.6 Å². The monoisotopic (exact) mass is 463 g/mol. The van der Waals surface area contributed by atoms with Gasteiger partial charge >= 0.3 is 0 Å². The molecule has 0 atom stereocenters. The van der Waals surface area contributed by atoms with E-state index < -0.39 is 5.91 Å². The zero-order valence-corrected chi connectivity index (χ0v) is 17.8. The average Bonchev–Trinajstić information content (AvgIpc) is 3.37. The first-order valence-electron chi connectivity index (χ1n) is 9.57. The summed E-state index contributed by atoms with van der Waals surface area (Å²) in [6.45, 7) is 2.30. The largest absolute Gasteiger partial charge is 0.378 e. The molecule has 3 aromatic rings. The Morgan fingerprint density at radius 2 is 2.06 bits per heavy atom. The molecule has 0 saturated carbocycles. The number of nitrogens with two attached hydrogens (primary N) is 1. The lowest BCUT2D eigenvalue weighted by Crippen LogP contribution is -2.31. The van der Waals surface area contributed by atoms with E-state index in [-0.39, 0.29) is 17.3 Å². The van der Waals surface area contributed by atoms with Gasteiger partial charge in [-0.1, -0.05) is 47.0 Å². The van der Waals surface area contributed by atoms with E-state index in [2.05, 4.69) is 40.7 Å². The number of likely N-dealkylation sites (tertiary alicyclic amines) is 1. The lowest BCUT2D eigenvalue weighted by molar-refractivity contribution is 0.0944. The van der Waals surface area contributed by atoms with Crippen LogP contribution in [0, 0.1) is 0 Å². The average molecular weight is 464 g/mol. The van der Waals surface area contributed by atoms with Crippen LogP contribution in [0.2, 0.25) is 10.0 Å². The summed E-state index contributed by atoms with van der Waals surface area (Å²) in [7, 11) is 0. The van der Waals surface area contributed by atoms with E-state index in [9.17, 15) is 4.79 Å². The number of hydrazone groups is 1. The molecule has 4 rings (SSSR count). The van der Waals surface area contributed by atoms with Gasteiger partial charge in [0.1, 0.15) is 5.69 Å². The molecule has 1 saturated heterocycles. The number of amides is 1. The summed E-state index contributed by atoms with van der Waals surface area (Å²) in [4.78, 5) is 15.2. The molecule has 1 aromatic carbocycles. The van der Waals surface area contributed by atoms with Crippen LogP contribution < -0.4 is 11.2 Å². The van der Waals surface area contributed by atoms with E-state index >= 15 is 0 Å². The number of hydrogen-bond donors (Lipinski definition) is 2. The number of piperidine rings is 1. The summed E-state index contributed by atoms with van der Waals surface area (Å²) >= 11 is 12.2. The topological polar surface area (TPSA) is 140 Å². The van der Waals surface area contributed by atoms with Crippen molar-refractivity contribution in [2.75, 3.05) is 18.8 Å². The van der Waals surface area contributed by atoms with Crippen LogP contribution in [0.1, 0.15) is 41.0 Å². The molecule has 0 aliphatic carbocycles. The van der Waals surface area contributed by atoms with Gasteiger partial charge in [-0.05, 0) is 42.3 Å². The molecule has 162 valence electrons. The summed E-state index contributed by atoms with van der Waals surface area (Å²) in [5.41, 5.74) is 9.42. The smallest absolute Gasteiger partial charge is 0.292 e. The third-order valence-electron chi connectivity index (χ3n) is 4.82. The molecule has 0 radical (unpaired) electrons. The van der Waals surface area contributed by atoms with Crippen molar-refractivity contribution in [3.8, 4) is 5.82 Å². The third-order valence-corrected chi connectivity index (χ3v) is 5.66. The first-order valence-corrected chi connectivity index (χ1v) is 10.3. The zero-order chi connectivity index (χ0) is 21.8. The number of anilines is 1. The molecule has 0 unspecified atom stereocenters. The summed E-state index contributed by atoms with van der Waals surface area (Å²) < 4.78 is 5.84. The number of aromatic nitrogens is 5. The first-order chi connectivity index (χ1) is 15.0. The van der Waals surface area contributed by atoms with Crippen molar-refractivity contribution in [1.82, 2.24) is 35.6 Å². The van der Waals surface area contributed by atoms with Crippen molar-refractivity contribution >= 4 is 41.1 Å². The Morgan fingerprint density at radius 1 is 1.26 bits per heavy atom. The van der Waals surface area contributed by atoms with Crippen LogP contribution in [0.5, 0.6) is 0 Å². The van der Waals surface area contributed by atoms with Gasteiger partial charge in [0.25, 0.3) is 5.91 Å². The van der Waals surface area contributed by atoms with Crippen LogP contribution in [0.3, 0.4) is 0 Å². The van der Waals surface area contributed by atoms with Gasteiger partial charge in [0, 0.05) is 12.1 Å². The van der Waals surface area contributed by atoms with Gasteiger partial charge < -0.3 is 5.73 Å². The Labute approximate surface area is 187 Å². The highest BCUT2D eigenvalue weighted by Gasteiger charge is 2.26. The van der Waals surface area contributed by atoms with Gasteiger partial charge in [0.15, 0.2) is 5.69 Å². The van der Waals surface area contributed by atoms with Crippen LogP contribution in [0.25, 0.3) is 5.82 Å². The summed E-state index contributed by atoms with van der Waals surface area (Å²) in [6, 6.07) is 5.11. The molecule has 1 aliphatic rings. The Bertz CT molecular complexity index is 1110. The fraction of sp³-hybridized carbons (Fsp3) is 0.333. The van der Waals surface area contributed by atoms with Crippen molar-refractivity contribution in [1.29, 1.82) is 0 Å². The molecular formula is C18H19Cl2N9O2. The van der Waals surface area contributed by atoms with E-state index in [1.54, 1.807) is 18.2 Å². The molecule has 1 amide bonds. The van der Waals surface area contributed by atoms with Crippen LogP contribution in [0.15, 0.2) is 27.9 Å². The molecule has 31 heavy (non-hydrogen) atoms. The molecule has 13 heteroatoms. The molecule has 2 aromatic heterocycles. The second-order valence-corrected chi connectivity index (χ2v) is 7.73. The SMILES string of the molecule is Nc1nonc1-n1nnc(CN2CCCCC2)c1C(=O)N/N=C/c1cccc(Cl)c1Cl. The van der Waals surface area contributed by atoms with E-state index in [0.717, 1.165) is 25.9 Å². The number of carbonyl (C=O) groups is 1. The number of benzene rings is 1. The first kappa shape index (κ1) is 21.2. The van der Waals surface area contributed by atoms with Crippen molar-refractivity contribution < 1.29 is 9.42 Å². The van der Waals surface area contributed by atoms with Crippen molar-refractivity contribution in [2.45, 2.75) is 25.8 Å². The van der Waals surface area contributed by atoms with Gasteiger partial charge in [-0.3, -0.25) is 9.69 Å². The maximum Gasteiger partial charge on any atom is 0.292 e. The highest BCUT2D eigenvalue weighted by Crippen LogP contribution is 2.24. The normalized spacial score (nSPS) is 14.9. The second kappa shape index (κ2) is 9.41. The summed E-state index contributed by atoms with van der Waals surface area (Å²) in [5.74, 6) is -0.490. The van der Waals surface area contributed by atoms with Gasteiger partial charge in [-0.2, -0.15) is 9.78 Å². The molecular weight excluding hydrogens is 445 g/mol. The van der Waals surface area contributed by atoms with Gasteiger partial charge in [0.05, 0.1) is 16.3 Å². The maximum absolute atomic E-state index is 13.0. The van der Waals surface area contributed by atoms with Crippen LogP contribution >= 0.6 is 23.2 Å². The minimum Gasteiger partial charge on any atom is -0.378 e. The van der Waals surface area contributed by atoms with Gasteiger partial charge in [-0.15, -0.1) is 5.10 Å². The summed E-state index contributed by atoms with van der Waals surface area (Å²) in [6.07, 6.45) is 4.79. The zero-order valence-electron chi connectivity index (χ0n) is 16.3. The van der Waals surface area contributed by atoms with E-state index in [1.807, 2.05) is 0 Å². The van der Waals surface area contributed by atoms with Gasteiger partial charge in [-0.25, -0.2) is 10.1 Å². The lowest BCUT2D eigenvalue weighted by atomic mass is 10.1. The predicted molar refractivity (Wildman–Crippen MR) is 114 cm³/mol. The minimum absolute atomic E-state index is 0.0160. The standard InChI is InChI=1S/C18H19Cl2N9O2/c19-12-6-4-5-11(14(12)20)9-22-24-18(30)15-13(10-28-7-2-1-3-8-28)23-27-29(15)17-16(21)25-31-26-17/h4-6,9H,1-3,7-8,10H2,(H2,21,25)(H,24,30)/b22-9+. The molecule has 1 fully saturated rings. The fourth-order valence-electron chi connectivity index (χ4n) is 3.30. The van der Waals surface area contributed by atoms with Crippen molar-refractivity contribution in [3.63, 3.8) is 0 Å².